The molecule has 2 atom stereocenters. The van der Waals surface area contributed by atoms with Crippen LogP contribution in [0.2, 0.25) is 0 Å². The molecule has 0 spiro atoms. The van der Waals surface area contributed by atoms with Crippen LogP contribution in [0, 0.1) is 0 Å². The third kappa shape index (κ3) is 4.19. The number of ether oxygens (including phenoxy) is 1. The second kappa shape index (κ2) is 6.24. The van der Waals surface area contributed by atoms with Crippen LogP contribution in [0.3, 0.4) is 0 Å². The van der Waals surface area contributed by atoms with Gasteiger partial charge in [0, 0.05) is 11.4 Å². The van der Waals surface area contributed by atoms with Gasteiger partial charge in [0.15, 0.2) is 0 Å². The number of sulfonamides is 1. The van der Waals surface area contributed by atoms with E-state index >= 15 is 0 Å². The standard InChI is InChI=1S/C13H18BrNO3S/c1-10(14)12-6-2-3-7-13(12)15-19(16,17)9-11-5-4-8-18-11/h2-3,6-7,10-11,15H,4-5,8-9H2,1H3. The Hall–Kier alpha value is -0.590. The Morgan fingerprint density at radius 3 is 2.84 bits per heavy atom. The topological polar surface area (TPSA) is 55.4 Å². The zero-order valence-corrected chi connectivity index (χ0v) is 13.2. The van der Waals surface area contributed by atoms with E-state index in [1.807, 2.05) is 25.1 Å². The van der Waals surface area contributed by atoms with E-state index in [2.05, 4.69) is 20.7 Å². The Kier molecular flexibility index (Phi) is 4.86. The molecule has 106 valence electrons. The maximum Gasteiger partial charge on any atom is 0.235 e. The lowest BCUT2D eigenvalue weighted by atomic mass is 10.1. The summed E-state index contributed by atoms with van der Waals surface area (Å²) in [6, 6.07) is 7.40. The van der Waals surface area contributed by atoms with Gasteiger partial charge in [-0.1, -0.05) is 34.1 Å². The summed E-state index contributed by atoms with van der Waals surface area (Å²) in [5, 5.41) is 0. The van der Waals surface area contributed by atoms with Crippen LogP contribution in [-0.4, -0.2) is 26.9 Å². The van der Waals surface area contributed by atoms with E-state index in [0.29, 0.717) is 12.3 Å². The van der Waals surface area contributed by atoms with Crippen LogP contribution in [0.4, 0.5) is 5.69 Å². The molecule has 0 aromatic heterocycles. The summed E-state index contributed by atoms with van der Waals surface area (Å²) in [5.41, 5.74) is 1.56. The van der Waals surface area contributed by atoms with Crippen molar-refractivity contribution in [2.45, 2.75) is 30.7 Å². The summed E-state index contributed by atoms with van der Waals surface area (Å²) < 4.78 is 32.3. The summed E-state index contributed by atoms with van der Waals surface area (Å²) in [4.78, 5) is 0.0918. The number of para-hydroxylation sites is 1. The lowest BCUT2D eigenvalue weighted by Crippen LogP contribution is -2.26. The second-order valence-corrected chi connectivity index (χ2v) is 7.86. The minimum Gasteiger partial charge on any atom is -0.377 e. The molecule has 1 aromatic carbocycles. The van der Waals surface area contributed by atoms with Crippen molar-refractivity contribution in [1.29, 1.82) is 0 Å². The van der Waals surface area contributed by atoms with Gasteiger partial charge in [-0.2, -0.15) is 0 Å². The van der Waals surface area contributed by atoms with Gasteiger partial charge >= 0.3 is 0 Å². The first-order valence-corrected chi connectivity index (χ1v) is 8.90. The summed E-state index contributed by atoms with van der Waals surface area (Å²) in [5.74, 6) is 0.0258. The third-order valence-corrected chi connectivity index (χ3v) is 4.92. The van der Waals surface area contributed by atoms with E-state index in [1.165, 1.54) is 0 Å². The SMILES string of the molecule is CC(Br)c1ccccc1NS(=O)(=O)CC1CCCO1. The fourth-order valence-corrected chi connectivity index (χ4v) is 3.92. The van der Waals surface area contributed by atoms with E-state index in [4.69, 9.17) is 4.74 Å². The molecule has 6 heteroatoms. The first-order chi connectivity index (χ1) is 8.98. The van der Waals surface area contributed by atoms with Crippen molar-refractivity contribution in [1.82, 2.24) is 0 Å². The Balaban J connectivity index is 2.11. The van der Waals surface area contributed by atoms with Gasteiger partial charge in [-0.25, -0.2) is 8.42 Å². The molecule has 1 aliphatic rings. The van der Waals surface area contributed by atoms with Crippen LogP contribution in [0.1, 0.15) is 30.2 Å². The van der Waals surface area contributed by atoms with Gasteiger partial charge < -0.3 is 4.74 Å². The first kappa shape index (κ1) is 14.8. The minimum absolute atomic E-state index is 0.0258. The Morgan fingerprint density at radius 2 is 2.21 bits per heavy atom. The number of anilines is 1. The average molecular weight is 348 g/mol. The van der Waals surface area contributed by atoms with Crippen LogP contribution < -0.4 is 4.72 Å². The first-order valence-electron chi connectivity index (χ1n) is 6.33. The number of benzene rings is 1. The molecular weight excluding hydrogens is 330 g/mol. The molecule has 0 bridgehead atoms. The molecule has 4 nitrogen and oxygen atoms in total. The van der Waals surface area contributed by atoms with E-state index in [0.717, 1.165) is 18.4 Å². The number of nitrogens with one attached hydrogen (secondary N) is 1. The van der Waals surface area contributed by atoms with Gasteiger partial charge in [0.25, 0.3) is 0 Å². The molecular formula is C13H18BrNO3S. The fourth-order valence-electron chi connectivity index (χ4n) is 2.17. The molecule has 1 saturated heterocycles. The Labute approximate surface area is 122 Å². The second-order valence-electron chi connectivity index (χ2n) is 4.72. The molecule has 1 aliphatic heterocycles. The number of hydrogen-bond donors (Lipinski definition) is 1. The summed E-state index contributed by atoms with van der Waals surface area (Å²) in [7, 11) is -3.37. The summed E-state index contributed by atoms with van der Waals surface area (Å²) in [6.07, 6.45) is 1.58. The van der Waals surface area contributed by atoms with Gasteiger partial charge in [-0.05, 0) is 31.4 Å². The average Bonchev–Trinajstić information content (AvgIpc) is 2.80. The quantitative estimate of drug-likeness (QED) is 0.832. The zero-order chi connectivity index (χ0) is 13.9. The van der Waals surface area contributed by atoms with Crippen LogP contribution in [0.25, 0.3) is 0 Å². The van der Waals surface area contributed by atoms with Crippen molar-refractivity contribution in [3.63, 3.8) is 0 Å². The molecule has 0 radical (unpaired) electrons. The van der Waals surface area contributed by atoms with E-state index in [1.54, 1.807) is 6.07 Å². The number of rotatable bonds is 5. The monoisotopic (exact) mass is 347 g/mol. The predicted octanol–water partition coefficient (Wildman–Crippen LogP) is 3.06. The van der Waals surface area contributed by atoms with Gasteiger partial charge in [0.1, 0.15) is 0 Å². The van der Waals surface area contributed by atoms with Crippen molar-refractivity contribution in [3.05, 3.63) is 29.8 Å². The lowest BCUT2D eigenvalue weighted by Gasteiger charge is -2.15. The smallest absolute Gasteiger partial charge is 0.235 e. The molecule has 1 aromatic rings. The van der Waals surface area contributed by atoms with Crippen LogP contribution in [0.15, 0.2) is 24.3 Å². The van der Waals surface area contributed by atoms with Crippen molar-refractivity contribution in [2.24, 2.45) is 0 Å². The molecule has 19 heavy (non-hydrogen) atoms. The number of alkyl halides is 1. The fraction of sp³-hybridized carbons (Fsp3) is 0.538. The Morgan fingerprint density at radius 1 is 1.47 bits per heavy atom. The maximum absolute atomic E-state index is 12.1. The Bertz CT molecular complexity index is 524. The van der Waals surface area contributed by atoms with E-state index < -0.39 is 10.0 Å². The molecule has 0 amide bonds. The van der Waals surface area contributed by atoms with Crippen LogP contribution in [0.5, 0.6) is 0 Å². The van der Waals surface area contributed by atoms with Crippen LogP contribution in [-0.2, 0) is 14.8 Å². The zero-order valence-electron chi connectivity index (χ0n) is 10.8. The largest absolute Gasteiger partial charge is 0.377 e. The lowest BCUT2D eigenvalue weighted by molar-refractivity contribution is 0.127. The maximum atomic E-state index is 12.1. The predicted molar refractivity (Wildman–Crippen MR) is 80.2 cm³/mol. The molecule has 1 heterocycles. The highest BCUT2D eigenvalue weighted by atomic mass is 79.9. The normalized spacial score (nSPS) is 21.3. The number of hydrogen-bond acceptors (Lipinski definition) is 3. The van der Waals surface area contributed by atoms with Gasteiger partial charge in [0.2, 0.25) is 10.0 Å². The molecule has 0 saturated carbocycles. The van der Waals surface area contributed by atoms with Gasteiger partial charge in [0.05, 0.1) is 17.5 Å². The van der Waals surface area contributed by atoms with E-state index in [-0.39, 0.29) is 16.7 Å². The molecule has 2 rings (SSSR count). The van der Waals surface area contributed by atoms with Gasteiger partial charge in [-0.15, -0.1) is 0 Å². The van der Waals surface area contributed by atoms with Crippen molar-refractivity contribution < 1.29 is 13.2 Å². The van der Waals surface area contributed by atoms with Crippen LogP contribution >= 0.6 is 15.9 Å². The number of halogens is 1. The van der Waals surface area contributed by atoms with E-state index in [9.17, 15) is 8.42 Å². The summed E-state index contributed by atoms with van der Waals surface area (Å²) in [6.45, 7) is 2.63. The van der Waals surface area contributed by atoms with Gasteiger partial charge in [-0.3, -0.25) is 4.72 Å². The van der Waals surface area contributed by atoms with Crippen molar-refractivity contribution in [3.8, 4) is 0 Å². The molecule has 1 fully saturated rings. The highest BCUT2D eigenvalue weighted by molar-refractivity contribution is 9.09. The van der Waals surface area contributed by atoms with Crippen molar-refractivity contribution in [2.75, 3.05) is 17.1 Å². The molecule has 2 unspecified atom stereocenters. The molecule has 1 N–H and O–H groups in total. The van der Waals surface area contributed by atoms with Crippen molar-refractivity contribution >= 4 is 31.6 Å². The third-order valence-electron chi connectivity index (χ3n) is 3.08. The summed E-state index contributed by atoms with van der Waals surface area (Å²) >= 11 is 3.47. The highest BCUT2D eigenvalue weighted by Crippen LogP contribution is 2.29. The highest BCUT2D eigenvalue weighted by Gasteiger charge is 2.24. The minimum atomic E-state index is -3.37. The molecule has 0 aliphatic carbocycles.